The van der Waals surface area contributed by atoms with Crippen LogP contribution in [0.2, 0.25) is 0 Å². The Morgan fingerprint density at radius 3 is 2.71 bits per heavy atom. The van der Waals surface area contributed by atoms with E-state index in [4.69, 9.17) is 5.73 Å². The topological polar surface area (TPSA) is 134 Å². The van der Waals surface area contributed by atoms with Crippen LogP contribution < -0.4 is 10.6 Å². The standard InChI is InChI=1S/C26H30N6O3/c1-16-9-17(14-33)13-30(16)24-11-20(26(32(34)35)25(28)21(24)12-27)18-7-8-23-22(10-18)29-15-31(23)19-5-3-2-4-6-19/h7-8,10-11,15-17,19,33H,2-6,9,13-14,28H2,1H3. The van der Waals surface area contributed by atoms with Gasteiger partial charge in [0.05, 0.1) is 33.5 Å². The van der Waals surface area contributed by atoms with Gasteiger partial charge in [-0.25, -0.2) is 4.98 Å². The average Bonchev–Trinajstić information content (AvgIpc) is 3.46. The Hall–Kier alpha value is -3.64. The van der Waals surface area contributed by atoms with Gasteiger partial charge in [-0.1, -0.05) is 25.3 Å². The van der Waals surface area contributed by atoms with E-state index in [9.17, 15) is 20.5 Å². The van der Waals surface area contributed by atoms with E-state index in [0.717, 1.165) is 30.3 Å². The summed E-state index contributed by atoms with van der Waals surface area (Å²) in [6.07, 6.45) is 8.63. The van der Waals surface area contributed by atoms with E-state index in [1.165, 1.54) is 19.3 Å². The van der Waals surface area contributed by atoms with Crippen LogP contribution in [0.25, 0.3) is 22.2 Å². The van der Waals surface area contributed by atoms with Crippen molar-refractivity contribution >= 4 is 28.1 Å². The molecule has 1 aliphatic heterocycles. The first-order chi connectivity index (χ1) is 16.9. The number of nitrogens with zero attached hydrogens (tertiary/aromatic N) is 5. The summed E-state index contributed by atoms with van der Waals surface area (Å²) < 4.78 is 2.23. The van der Waals surface area contributed by atoms with Gasteiger partial charge in [-0.15, -0.1) is 0 Å². The molecule has 2 aromatic carbocycles. The van der Waals surface area contributed by atoms with E-state index in [1.807, 2.05) is 36.4 Å². The second-order valence-corrected chi connectivity index (χ2v) is 9.88. The van der Waals surface area contributed by atoms with Gasteiger partial charge in [0.2, 0.25) is 0 Å². The molecule has 0 bridgehead atoms. The third-order valence-electron chi connectivity index (χ3n) is 7.69. The largest absolute Gasteiger partial charge is 0.396 e. The number of nitro groups is 1. The average molecular weight is 475 g/mol. The molecular formula is C26H30N6O3. The minimum atomic E-state index is -0.510. The van der Waals surface area contributed by atoms with Crippen molar-refractivity contribution in [2.24, 2.45) is 5.92 Å². The number of nitriles is 1. The molecule has 2 unspecified atom stereocenters. The molecule has 5 rings (SSSR count). The first-order valence-corrected chi connectivity index (χ1v) is 12.3. The number of aliphatic hydroxyl groups excluding tert-OH is 1. The minimum Gasteiger partial charge on any atom is -0.396 e. The van der Waals surface area contributed by atoms with Gasteiger partial charge in [-0.05, 0) is 49.9 Å². The van der Waals surface area contributed by atoms with Crippen molar-refractivity contribution in [2.45, 2.75) is 57.5 Å². The monoisotopic (exact) mass is 474 g/mol. The highest BCUT2D eigenvalue weighted by Crippen LogP contribution is 2.44. The first kappa shape index (κ1) is 23.1. The van der Waals surface area contributed by atoms with Crippen LogP contribution in [0.15, 0.2) is 30.6 Å². The summed E-state index contributed by atoms with van der Waals surface area (Å²) in [5.41, 5.74) is 9.36. The number of fused-ring (bicyclic) bond motifs is 1. The fourth-order valence-corrected chi connectivity index (χ4v) is 5.90. The predicted octanol–water partition coefficient (Wildman–Crippen LogP) is 4.78. The van der Waals surface area contributed by atoms with Gasteiger partial charge in [0.25, 0.3) is 0 Å². The van der Waals surface area contributed by atoms with Crippen molar-refractivity contribution in [1.29, 1.82) is 5.26 Å². The summed E-state index contributed by atoms with van der Waals surface area (Å²) in [6.45, 7) is 2.64. The Kier molecular flexibility index (Phi) is 6.07. The highest BCUT2D eigenvalue weighted by atomic mass is 16.6. The Morgan fingerprint density at radius 2 is 2.06 bits per heavy atom. The Morgan fingerprint density at radius 1 is 1.29 bits per heavy atom. The number of hydrogen-bond donors (Lipinski definition) is 2. The van der Waals surface area contributed by atoms with Crippen LogP contribution in [0.3, 0.4) is 0 Å². The van der Waals surface area contributed by atoms with Crippen LogP contribution in [0, 0.1) is 27.4 Å². The summed E-state index contributed by atoms with van der Waals surface area (Å²) in [5, 5.41) is 31.6. The summed E-state index contributed by atoms with van der Waals surface area (Å²) >= 11 is 0. The maximum absolute atomic E-state index is 12.1. The number of nitro benzene ring substituents is 1. The molecule has 0 spiro atoms. The van der Waals surface area contributed by atoms with E-state index in [2.05, 4.69) is 15.6 Å². The lowest BCUT2D eigenvalue weighted by Gasteiger charge is -2.26. The van der Waals surface area contributed by atoms with E-state index in [0.29, 0.717) is 29.4 Å². The number of nitrogens with two attached hydrogens (primary N) is 1. The van der Waals surface area contributed by atoms with Crippen molar-refractivity contribution in [2.75, 3.05) is 23.8 Å². The SMILES string of the molecule is CC1CC(CO)CN1c1cc(-c2ccc3c(c2)ncn3C2CCCCC2)c([N+](=O)[O-])c(N)c1C#N. The zero-order valence-electron chi connectivity index (χ0n) is 19.9. The molecule has 1 aliphatic carbocycles. The van der Waals surface area contributed by atoms with Crippen molar-refractivity contribution < 1.29 is 10.0 Å². The fraction of sp³-hybridized carbons (Fsp3) is 0.462. The number of nitrogen functional groups attached to an aromatic ring is 1. The van der Waals surface area contributed by atoms with E-state index in [-0.39, 0.29) is 35.5 Å². The lowest BCUT2D eigenvalue weighted by atomic mass is 9.95. The smallest absolute Gasteiger partial charge is 0.301 e. The van der Waals surface area contributed by atoms with Gasteiger partial charge in [0, 0.05) is 31.2 Å². The van der Waals surface area contributed by atoms with Crippen LogP contribution in [0.1, 0.15) is 57.1 Å². The number of hydrogen-bond acceptors (Lipinski definition) is 7. The lowest BCUT2D eigenvalue weighted by molar-refractivity contribution is -0.383. The molecule has 0 amide bonds. The molecule has 3 aromatic rings. The molecule has 35 heavy (non-hydrogen) atoms. The van der Waals surface area contributed by atoms with Crippen LogP contribution in [-0.2, 0) is 0 Å². The molecule has 9 heteroatoms. The third-order valence-corrected chi connectivity index (χ3v) is 7.69. The quantitative estimate of drug-likeness (QED) is 0.309. The molecule has 1 saturated carbocycles. The number of rotatable bonds is 5. The Balaban J connectivity index is 1.64. The van der Waals surface area contributed by atoms with Gasteiger partial charge >= 0.3 is 5.69 Å². The number of imidazole rings is 1. The number of anilines is 2. The van der Waals surface area contributed by atoms with Crippen molar-refractivity contribution in [3.05, 3.63) is 46.3 Å². The Bertz CT molecular complexity index is 1320. The highest BCUT2D eigenvalue weighted by molar-refractivity contribution is 5.93. The lowest BCUT2D eigenvalue weighted by Crippen LogP contribution is -2.28. The summed E-state index contributed by atoms with van der Waals surface area (Å²) in [5.74, 6) is 0.0801. The van der Waals surface area contributed by atoms with Gasteiger partial charge < -0.3 is 20.3 Å². The third kappa shape index (κ3) is 3.98. The van der Waals surface area contributed by atoms with Crippen LogP contribution in [0.5, 0.6) is 0 Å². The van der Waals surface area contributed by atoms with E-state index < -0.39 is 4.92 Å². The van der Waals surface area contributed by atoms with Crippen LogP contribution >= 0.6 is 0 Å². The zero-order chi connectivity index (χ0) is 24.7. The number of aromatic nitrogens is 2. The van der Waals surface area contributed by atoms with Crippen LogP contribution in [-0.4, -0.2) is 38.8 Å². The molecule has 0 radical (unpaired) electrons. The Labute approximate surface area is 203 Å². The van der Waals surface area contributed by atoms with Crippen molar-refractivity contribution in [3.63, 3.8) is 0 Å². The second kappa shape index (κ2) is 9.19. The molecule has 2 aliphatic rings. The molecule has 1 saturated heterocycles. The minimum absolute atomic E-state index is 0.0539. The first-order valence-electron chi connectivity index (χ1n) is 12.3. The van der Waals surface area contributed by atoms with Gasteiger partial charge in [0.15, 0.2) is 0 Å². The molecule has 182 valence electrons. The molecule has 1 aromatic heterocycles. The van der Waals surface area contributed by atoms with E-state index >= 15 is 0 Å². The maximum atomic E-state index is 12.1. The molecule has 9 nitrogen and oxygen atoms in total. The summed E-state index contributed by atoms with van der Waals surface area (Å²) in [7, 11) is 0. The predicted molar refractivity (Wildman–Crippen MR) is 135 cm³/mol. The number of aliphatic hydroxyl groups is 1. The summed E-state index contributed by atoms with van der Waals surface area (Å²) in [4.78, 5) is 18.2. The van der Waals surface area contributed by atoms with Gasteiger partial charge in [-0.3, -0.25) is 10.1 Å². The number of benzene rings is 2. The second-order valence-electron chi connectivity index (χ2n) is 9.88. The highest BCUT2D eigenvalue weighted by Gasteiger charge is 2.34. The molecule has 2 atom stereocenters. The normalized spacial score (nSPS) is 20.9. The molecule has 3 N–H and O–H groups in total. The zero-order valence-corrected chi connectivity index (χ0v) is 19.9. The van der Waals surface area contributed by atoms with Crippen molar-refractivity contribution in [3.8, 4) is 17.2 Å². The molecular weight excluding hydrogens is 444 g/mol. The molecule has 2 heterocycles. The van der Waals surface area contributed by atoms with E-state index in [1.54, 1.807) is 6.07 Å². The van der Waals surface area contributed by atoms with Crippen LogP contribution in [0.4, 0.5) is 17.1 Å². The maximum Gasteiger partial charge on any atom is 0.301 e. The van der Waals surface area contributed by atoms with Gasteiger partial charge in [0.1, 0.15) is 17.3 Å². The molecule has 2 fully saturated rings. The summed E-state index contributed by atoms with van der Waals surface area (Å²) in [6, 6.07) is 10.0. The van der Waals surface area contributed by atoms with Crippen molar-refractivity contribution in [1.82, 2.24) is 9.55 Å². The fourth-order valence-electron chi connectivity index (χ4n) is 5.90. The van der Waals surface area contributed by atoms with Gasteiger partial charge in [-0.2, -0.15) is 5.26 Å².